The van der Waals surface area contributed by atoms with Gasteiger partial charge in [0.2, 0.25) is 0 Å². The number of pyridine rings is 1. The van der Waals surface area contributed by atoms with Crippen molar-refractivity contribution in [3.63, 3.8) is 0 Å². The van der Waals surface area contributed by atoms with Crippen LogP contribution in [0.1, 0.15) is 12.8 Å². The smallest absolute Gasteiger partial charge is 0.407 e. The zero-order chi connectivity index (χ0) is 13.9. The monoisotopic (exact) mass is 272 g/mol. The minimum Gasteiger partial charge on any atom is -0.488 e. The van der Waals surface area contributed by atoms with Crippen molar-refractivity contribution in [1.29, 1.82) is 0 Å². The predicted molar refractivity (Wildman–Crippen MR) is 75.0 cm³/mol. The number of nitrogens with zero attached hydrogens (tertiary/aromatic N) is 2. The predicted octanol–water partition coefficient (Wildman–Crippen LogP) is 2.76. The number of likely N-dealkylation sites (tertiary alicyclic amines) is 1. The minimum absolute atomic E-state index is 0.0539. The van der Waals surface area contributed by atoms with Gasteiger partial charge >= 0.3 is 6.09 Å². The number of carbonyl (C=O) groups is 1. The second-order valence-electron chi connectivity index (χ2n) is 4.92. The van der Waals surface area contributed by atoms with E-state index in [1.807, 2.05) is 30.3 Å². The van der Waals surface area contributed by atoms with E-state index < -0.39 is 6.09 Å². The molecule has 1 aromatic carbocycles. The Morgan fingerprint density at radius 3 is 2.75 bits per heavy atom. The van der Waals surface area contributed by atoms with Gasteiger partial charge in [0.05, 0.1) is 0 Å². The van der Waals surface area contributed by atoms with Crippen LogP contribution >= 0.6 is 0 Å². The maximum atomic E-state index is 10.9. The Bertz CT molecular complexity index is 616. The van der Waals surface area contributed by atoms with Crippen molar-refractivity contribution in [2.75, 3.05) is 13.1 Å². The van der Waals surface area contributed by atoms with Gasteiger partial charge in [-0.1, -0.05) is 18.2 Å². The first-order chi connectivity index (χ1) is 9.74. The molecular formula is C15H16N2O3. The second kappa shape index (κ2) is 5.36. The first-order valence-electron chi connectivity index (χ1n) is 6.72. The summed E-state index contributed by atoms with van der Waals surface area (Å²) in [6.07, 6.45) is 2.39. The highest BCUT2D eigenvalue weighted by molar-refractivity contribution is 5.84. The Kier molecular flexibility index (Phi) is 3.41. The van der Waals surface area contributed by atoms with Gasteiger partial charge in [-0.05, 0) is 12.1 Å². The van der Waals surface area contributed by atoms with Crippen LogP contribution < -0.4 is 4.74 Å². The molecule has 5 heteroatoms. The van der Waals surface area contributed by atoms with Gasteiger partial charge < -0.3 is 14.7 Å². The first-order valence-corrected chi connectivity index (χ1v) is 6.72. The molecule has 5 nitrogen and oxygen atoms in total. The molecule has 0 bridgehead atoms. The molecule has 1 amide bonds. The molecule has 0 aliphatic carbocycles. The van der Waals surface area contributed by atoms with Crippen LogP contribution in [-0.4, -0.2) is 40.3 Å². The topological polar surface area (TPSA) is 62.7 Å². The molecular weight excluding hydrogens is 256 g/mol. The molecule has 2 aromatic rings. The molecule has 104 valence electrons. The van der Waals surface area contributed by atoms with Gasteiger partial charge in [-0.3, -0.25) is 4.98 Å². The highest BCUT2D eigenvalue weighted by Crippen LogP contribution is 2.26. The molecule has 0 atom stereocenters. The zero-order valence-electron chi connectivity index (χ0n) is 11.0. The normalized spacial score (nSPS) is 16.3. The molecule has 1 aromatic heterocycles. The third-order valence-electron chi connectivity index (χ3n) is 3.60. The molecule has 20 heavy (non-hydrogen) atoms. The van der Waals surface area contributed by atoms with E-state index >= 15 is 0 Å². The summed E-state index contributed by atoms with van der Waals surface area (Å²) in [6, 6.07) is 9.77. The number of fused-ring (bicyclic) bond motifs is 1. The summed E-state index contributed by atoms with van der Waals surface area (Å²) in [5.74, 6) is 0.775. The summed E-state index contributed by atoms with van der Waals surface area (Å²) in [4.78, 5) is 16.7. The van der Waals surface area contributed by atoms with Crippen LogP contribution in [0.25, 0.3) is 10.9 Å². The van der Waals surface area contributed by atoms with E-state index in [1.165, 1.54) is 4.90 Å². The van der Waals surface area contributed by atoms with Crippen molar-refractivity contribution < 1.29 is 14.6 Å². The van der Waals surface area contributed by atoms with Crippen LogP contribution in [0.4, 0.5) is 4.79 Å². The molecule has 1 fully saturated rings. The number of hydrogen-bond acceptors (Lipinski definition) is 3. The van der Waals surface area contributed by atoms with Crippen molar-refractivity contribution in [2.24, 2.45) is 0 Å². The lowest BCUT2D eigenvalue weighted by Gasteiger charge is -2.30. The molecule has 1 aliphatic heterocycles. The highest BCUT2D eigenvalue weighted by atomic mass is 16.5. The van der Waals surface area contributed by atoms with Crippen LogP contribution in [0.15, 0.2) is 36.5 Å². The Hall–Kier alpha value is -2.30. The number of piperidine rings is 1. The van der Waals surface area contributed by atoms with E-state index in [-0.39, 0.29) is 6.10 Å². The third kappa shape index (κ3) is 2.52. The number of para-hydroxylation sites is 1. The number of aromatic nitrogens is 1. The van der Waals surface area contributed by atoms with E-state index in [0.717, 1.165) is 29.5 Å². The maximum absolute atomic E-state index is 10.9. The molecule has 0 radical (unpaired) electrons. The van der Waals surface area contributed by atoms with Crippen molar-refractivity contribution in [1.82, 2.24) is 9.88 Å². The summed E-state index contributed by atoms with van der Waals surface area (Å²) in [5, 5.41) is 9.98. The van der Waals surface area contributed by atoms with Crippen LogP contribution in [0, 0.1) is 0 Å². The Morgan fingerprint density at radius 2 is 2.00 bits per heavy atom. The van der Waals surface area contributed by atoms with Crippen molar-refractivity contribution in [3.8, 4) is 5.75 Å². The first kappa shape index (κ1) is 12.7. The van der Waals surface area contributed by atoms with E-state index in [2.05, 4.69) is 4.98 Å². The highest BCUT2D eigenvalue weighted by Gasteiger charge is 2.23. The fourth-order valence-electron chi connectivity index (χ4n) is 2.52. The molecule has 2 heterocycles. The lowest BCUT2D eigenvalue weighted by molar-refractivity contribution is 0.0901. The van der Waals surface area contributed by atoms with Gasteiger partial charge in [-0.25, -0.2) is 4.79 Å². The van der Waals surface area contributed by atoms with Crippen LogP contribution in [-0.2, 0) is 0 Å². The van der Waals surface area contributed by atoms with Gasteiger partial charge in [-0.15, -0.1) is 0 Å². The largest absolute Gasteiger partial charge is 0.488 e. The van der Waals surface area contributed by atoms with Gasteiger partial charge in [0.1, 0.15) is 17.4 Å². The summed E-state index contributed by atoms with van der Waals surface area (Å²) in [6.45, 7) is 1.05. The molecule has 3 rings (SSSR count). The fraction of sp³-hybridized carbons (Fsp3) is 0.333. The molecule has 0 unspecified atom stereocenters. The SMILES string of the molecule is O=C(O)N1CCC(Oc2cccc3cccnc23)CC1. The van der Waals surface area contributed by atoms with Crippen LogP contribution in [0.5, 0.6) is 5.75 Å². The number of carboxylic acid groups (broad SMARTS) is 1. The zero-order valence-corrected chi connectivity index (χ0v) is 11.0. The van der Waals surface area contributed by atoms with Crippen molar-refractivity contribution >= 4 is 17.0 Å². The fourth-order valence-corrected chi connectivity index (χ4v) is 2.52. The lowest BCUT2D eigenvalue weighted by atomic mass is 10.1. The Morgan fingerprint density at radius 1 is 1.25 bits per heavy atom. The quantitative estimate of drug-likeness (QED) is 0.913. The summed E-state index contributed by atoms with van der Waals surface area (Å²) < 4.78 is 6.01. The van der Waals surface area contributed by atoms with Crippen LogP contribution in [0.3, 0.4) is 0 Å². The Balaban J connectivity index is 1.73. The van der Waals surface area contributed by atoms with E-state index in [4.69, 9.17) is 9.84 Å². The maximum Gasteiger partial charge on any atom is 0.407 e. The molecule has 1 N–H and O–H groups in total. The standard InChI is InChI=1S/C15H16N2O3/c18-15(19)17-9-6-12(7-10-17)20-13-5-1-3-11-4-2-8-16-14(11)13/h1-5,8,12H,6-7,9-10H2,(H,18,19). The van der Waals surface area contributed by atoms with E-state index in [9.17, 15) is 4.79 Å². The molecule has 1 aliphatic rings. The van der Waals surface area contributed by atoms with E-state index in [1.54, 1.807) is 6.20 Å². The molecule has 0 saturated carbocycles. The second-order valence-corrected chi connectivity index (χ2v) is 4.92. The summed E-state index contributed by atoms with van der Waals surface area (Å²) >= 11 is 0. The van der Waals surface area contributed by atoms with Gasteiger partial charge in [-0.2, -0.15) is 0 Å². The van der Waals surface area contributed by atoms with Crippen molar-refractivity contribution in [2.45, 2.75) is 18.9 Å². The number of hydrogen-bond donors (Lipinski definition) is 1. The van der Waals surface area contributed by atoms with E-state index in [0.29, 0.717) is 13.1 Å². The summed E-state index contributed by atoms with van der Waals surface area (Å²) in [5.41, 5.74) is 0.857. The van der Waals surface area contributed by atoms with Gasteiger partial charge in [0.25, 0.3) is 0 Å². The average molecular weight is 272 g/mol. The number of benzene rings is 1. The third-order valence-corrected chi connectivity index (χ3v) is 3.60. The van der Waals surface area contributed by atoms with Gasteiger partial charge in [0, 0.05) is 37.5 Å². The Labute approximate surface area is 116 Å². The molecule has 0 spiro atoms. The van der Waals surface area contributed by atoms with Gasteiger partial charge in [0.15, 0.2) is 0 Å². The lowest BCUT2D eigenvalue weighted by Crippen LogP contribution is -2.41. The number of amides is 1. The van der Waals surface area contributed by atoms with Crippen molar-refractivity contribution in [3.05, 3.63) is 36.5 Å². The summed E-state index contributed by atoms with van der Waals surface area (Å²) in [7, 11) is 0. The number of ether oxygens (including phenoxy) is 1. The molecule has 1 saturated heterocycles. The number of rotatable bonds is 2. The minimum atomic E-state index is -0.852. The average Bonchev–Trinajstić information content (AvgIpc) is 2.48. The van der Waals surface area contributed by atoms with Crippen LogP contribution in [0.2, 0.25) is 0 Å².